The molecule has 0 aliphatic rings. The van der Waals surface area contributed by atoms with Crippen molar-refractivity contribution in [2.45, 2.75) is 0 Å². The maximum Gasteiger partial charge on any atom is 0.422 e. The molecule has 0 spiro atoms. The Balaban J connectivity index is 2.48. The van der Waals surface area contributed by atoms with Gasteiger partial charge in [-0.25, -0.2) is 0 Å². The maximum absolute atomic E-state index is 4.83. The number of benzene rings is 2. The van der Waals surface area contributed by atoms with E-state index in [0.717, 1.165) is 16.8 Å². The van der Waals surface area contributed by atoms with E-state index < -0.39 is 0 Å². The van der Waals surface area contributed by atoms with Crippen molar-refractivity contribution in [3.8, 4) is 0 Å². The first-order valence-electron chi connectivity index (χ1n) is 4.73. The van der Waals surface area contributed by atoms with Gasteiger partial charge in [-0.3, -0.25) is 0 Å². The molecule has 0 fully saturated rings. The van der Waals surface area contributed by atoms with Crippen molar-refractivity contribution >= 4 is 18.1 Å². The van der Waals surface area contributed by atoms with Crippen molar-refractivity contribution in [3.63, 3.8) is 0 Å². The molecule has 0 bridgehead atoms. The molecule has 0 heterocycles. The monoisotopic (exact) mass is 212 g/mol. The van der Waals surface area contributed by atoms with Gasteiger partial charge in [-0.1, -0.05) is 36.4 Å². The molecule has 2 rings (SSSR count). The third-order valence-electron chi connectivity index (χ3n) is 2.19. The summed E-state index contributed by atoms with van der Waals surface area (Å²) in [6, 6.07) is 20.0. The first kappa shape index (κ1) is 9.78. The van der Waals surface area contributed by atoms with Crippen molar-refractivity contribution in [3.05, 3.63) is 71.8 Å². The Morgan fingerprint density at radius 2 is 1.13 bits per heavy atom. The summed E-state index contributed by atoms with van der Waals surface area (Å²) < 4.78 is 3.93. The lowest BCUT2D eigenvalue weighted by Crippen LogP contribution is -2.05. The molecule has 2 aromatic carbocycles. The van der Waals surface area contributed by atoms with Crippen LogP contribution in [0.2, 0.25) is 0 Å². The van der Waals surface area contributed by atoms with Gasteiger partial charge in [-0.2, -0.15) is 0 Å². The fourth-order valence-electron chi connectivity index (χ4n) is 1.46. The molecule has 0 atom stereocenters. The lowest BCUT2D eigenvalue weighted by atomic mass is 10.0. The van der Waals surface area contributed by atoms with E-state index in [1.54, 1.807) is 0 Å². The Morgan fingerprint density at radius 1 is 0.733 bits per heavy atom. The Bertz CT molecular complexity index is 443. The van der Waals surface area contributed by atoms with Gasteiger partial charge in [0.25, 0.3) is 0 Å². The zero-order valence-corrected chi connectivity index (χ0v) is 8.95. The van der Waals surface area contributed by atoms with Crippen molar-refractivity contribution in [1.82, 2.24) is 4.04 Å². The molecule has 0 aliphatic carbocycles. The highest BCUT2D eigenvalue weighted by Gasteiger charge is 2.15. The first-order valence-corrected chi connectivity index (χ1v) is 5.09. The van der Waals surface area contributed by atoms with Crippen LogP contribution in [0.15, 0.2) is 60.7 Å². The van der Waals surface area contributed by atoms with Crippen molar-refractivity contribution in [2.24, 2.45) is 0 Å². The number of hydrogen-bond acceptors (Lipinski definition) is 1. The van der Waals surface area contributed by atoms with E-state index in [1.165, 1.54) is 0 Å². The third-order valence-corrected chi connectivity index (χ3v) is 2.37. The molecule has 2 heteroatoms. The van der Waals surface area contributed by atoms with Crippen LogP contribution < -0.4 is 4.04 Å². The van der Waals surface area contributed by atoms with Gasteiger partial charge in [0.2, 0.25) is 0 Å². The predicted molar refractivity (Wildman–Crippen MR) is 65.6 cm³/mol. The number of hydrogen-bond donors (Lipinski definition) is 0. The molecule has 0 saturated carbocycles. The molecule has 0 unspecified atom stereocenters. The molecular formula is C13H10NS+. The molecule has 15 heavy (non-hydrogen) atoms. The molecule has 0 radical (unpaired) electrons. The van der Waals surface area contributed by atoms with Gasteiger partial charge in [0.15, 0.2) is 0 Å². The van der Waals surface area contributed by atoms with E-state index in [1.807, 2.05) is 60.7 Å². The Morgan fingerprint density at radius 3 is 1.47 bits per heavy atom. The summed E-state index contributed by atoms with van der Waals surface area (Å²) in [6.07, 6.45) is 0. The highest BCUT2D eigenvalue weighted by atomic mass is 32.1. The SMILES string of the molecule is S=[N+]=C(c1ccccc1)c1ccccc1. The standard InChI is InChI=1S/C13H10NS/c15-14-13(11-7-3-1-4-8-11)12-9-5-2-6-10-12/h1-10H/q+1. The van der Waals surface area contributed by atoms with Gasteiger partial charge in [0.05, 0.1) is 11.1 Å². The number of nitrogens with zero attached hydrogens (tertiary/aromatic N) is 1. The summed E-state index contributed by atoms with van der Waals surface area (Å²) in [7, 11) is 0. The lowest BCUT2D eigenvalue weighted by Gasteiger charge is -1.94. The van der Waals surface area contributed by atoms with E-state index >= 15 is 0 Å². The van der Waals surface area contributed by atoms with E-state index in [-0.39, 0.29) is 0 Å². The largest absolute Gasteiger partial charge is 0.422 e. The minimum atomic E-state index is 0.853. The van der Waals surface area contributed by atoms with E-state index in [0.29, 0.717) is 0 Å². The van der Waals surface area contributed by atoms with Crippen molar-refractivity contribution < 1.29 is 0 Å². The molecule has 0 aromatic heterocycles. The van der Waals surface area contributed by atoms with Crippen LogP contribution in [0.25, 0.3) is 0 Å². The smallest absolute Gasteiger partial charge is 0.0622 e. The Kier molecular flexibility index (Phi) is 3.03. The van der Waals surface area contributed by atoms with Gasteiger partial charge in [-0.05, 0) is 24.3 Å². The fraction of sp³-hybridized carbons (Fsp3) is 0. The van der Waals surface area contributed by atoms with Gasteiger partial charge >= 0.3 is 18.1 Å². The quantitative estimate of drug-likeness (QED) is 0.550. The second kappa shape index (κ2) is 4.65. The normalized spacial score (nSPS) is 9.33. The molecule has 2 aromatic rings. The second-order valence-electron chi connectivity index (χ2n) is 3.17. The summed E-state index contributed by atoms with van der Waals surface area (Å²) >= 11 is 4.83. The average Bonchev–Trinajstić information content (AvgIpc) is 2.33. The predicted octanol–water partition coefficient (Wildman–Crippen LogP) is 2.32. The minimum absolute atomic E-state index is 0.853. The summed E-state index contributed by atoms with van der Waals surface area (Å²) in [6.45, 7) is 0. The zero-order chi connectivity index (χ0) is 10.5. The van der Waals surface area contributed by atoms with E-state index in [9.17, 15) is 0 Å². The maximum atomic E-state index is 4.83. The topological polar surface area (TPSA) is 14.1 Å². The number of rotatable bonds is 2. The van der Waals surface area contributed by atoms with Gasteiger partial charge in [-0.15, -0.1) is 0 Å². The molecular weight excluding hydrogens is 202 g/mol. The third kappa shape index (κ3) is 2.18. The molecule has 0 amide bonds. The Hall–Kier alpha value is -1.76. The van der Waals surface area contributed by atoms with Crippen molar-refractivity contribution in [1.29, 1.82) is 0 Å². The molecule has 72 valence electrons. The highest BCUT2D eigenvalue weighted by molar-refractivity contribution is 7.46. The van der Waals surface area contributed by atoms with Gasteiger partial charge in [0, 0.05) is 4.04 Å². The van der Waals surface area contributed by atoms with Crippen molar-refractivity contribution in [2.75, 3.05) is 0 Å². The molecule has 0 aliphatic heterocycles. The van der Waals surface area contributed by atoms with Gasteiger partial charge < -0.3 is 0 Å². The second-order valence-corrected chi connectivity index (χ2v) is 3.35. The summed E-state index contributed by atoms with van der Waals surface area (Å²) in [5.41, 5.74) is 2.96. The van der Waals surface area contributed by atoms with Crippen LogP contribution in [0.3, 0.4) is 0 Å². The first-order chi connectivity index (χ1) is 7.42. The lowest BCUT2D eigenvalue weighted by molar-refractivity contribution is 1.55. The van der Waals surface area contributed by atoms with Crippen LogP contribution in [0.4, 0.5) is 0 Å². The summed E-state index contributed by atoms with van der Waals surface area (Å²) in [5.74, 6) is 0. The van der Waals surface area contributed by atoms with Gasteiger partial charge in [0.1, 0.15) is 0 Å². The molecule has 0 saturated heterocycles. The van der Waals surface area contributed by atoms with Crippen LogP contribution in [0.1, 0.15) is 11.1 Å². The average molecular weight is 212 g/mol. The zero-order valence-electron chi connectivity index (χ0n) is 8.13. The van der Waals surface area contributed by atoms with E-state index in [4.69, 9.17) is 12.4 Å². The van der Waals surface area contributed by atoms with Crippen LogP contribution >= 0.6 is 0 Å². The van der Waals surface area contributed by atoms with Crippen LogP contribution in [-0.4, -0.2) is 5.71 Å². The fourth-order valence-corrected chi connectivity index (χ4v) is 1.67. The minimum Gasteiger partial charge on any atom is -0.0622 e. The molecule has 0 N–H and O–H groups in total. The van der Waals surface area contributed by atoms with Crippen LogP contribution in [0.5, 0.6) is 0 Å². The summed E-state index contributed by atoms with van der Waals surface area (Å²) in [4.78, 5) is 0. The van der Waals surface area contributed by atoms with Crippen LogP contribution in [-0.2, 0) is 12.4 Å². The van der Waals surface area contributed by atoms with Crippen LogP contribution in [0, 0.1) is 0 Å². The van der Waals surface area contributed by atoms with E-state index in [2.05, 4.69) is 4.04 Å². The summed E-state index contributed by atoms with van der Waals surface area (Å²) in [5, 5.41) is 0. The molecule has 1 nitrogen and oxygen atoms in total. The highest BCUT2D eigenvalue weighted by Crippen LogP contribution is 2.07. The Labute approximate surface area is 94.3 Å².